The van der Waals surface area contributed by atoms with Crippen LogP contribution in [0.1, 0.15) is 13.8 Å². The van der Waals surface area contributed by atoms with Crippen LogP contribution in [0.25, 0.3) is 0 Å². The molecular formula is C10H14BrN3O4. The number of rotatable bonds is 4. The van der Waals surface area contributed by atoms with Crippen molar-refractivity contribution in [1.29, 1.82) is 0 Å². The van der Waals surface area contributed by atoms with E-state index in [1.165, 1.54) is 7.05 Å². The van der Waals surface area contributed by atoms with Gasteiger partial charge in [-0.2, -0.15) is 0 Å². The fraction of sp³-hybridized carbons (Fsp3) is 0.600. The molecule has 0 N–H and O–H groups in total. The van der Waals surface area contributed by atoms with Crippen molar-refractivity contribution in [3.63, 3.8) is 0 Å². The first-order chi connectivity index (χ1) is 8.19. The molecule has 0 amide bonds. The quantitative estimate of drug-likeness (QED) is 0.468. The minimum absolute atomic E-state index is 0.117. The maximum Gasteiger partial charge on any atom is 0.350 e. The molecule has 0 radical (unpaired) electrons. The highest BCUT2D eigenvalue weighted by Gasteiger charge is 2.24. The van der Waals surface area contributed by atoms with Gasteiger partial charge in [0.1, 0.15) is 0 Å². The van der Waals surface area contributed by atoms with Gasteiger partial charge in [-0.15, -0.1) is 0 Å². The van der Waals surface area contributed by atoms with Crippen LogP contribution in [0.4, 0.5) is 5.69 Å². The molecule has 0 aliphatic rings. The van der Waals surface area contributed by atoms with Crippen LogP contribution in [0.3, 0.4) is 0 Å². The zero-order chi connectivity index (χ0) is 14.1. The minimum Gasteiger partial charge on any atom is -0.297 e. The summed E-state index contributed by atoms with van der Waals surface area (Å²) in [5, 5.41) is 11.3. The van der Waals surface area contributed by atoms with Crippen LogP contribution in [0.15, 0.2) is 15.8 Å². The van der Waals surface area contributed by atoms with Gasteiger partial charge in [0, 0.05) is 18.9 Å². The van der Waals surface area contributed by atoms with E-state index in [0.717, 1.165) is 15.3 Å². The molecule has 0 atom stereocenters. The van der Waals surface area contributed by atoms with Gasteiger partial charge in [-0.05, 0) is 5.41 Å². The average Bonchev–Trinajstić information content (AvgIpc) is 2.29. The highest BCUT2D eigenvalue weighted by molar-refractivity contribution is 9.09. The first kappa shape index (κ1) is 14.6. The second-order valence-electron chi connectivity index (χ2n) is 4.85. The number of alkyl halides is 1. The van der Waals surface area contributed by atoms with Gasteiger partial charge < -0.3 is 0 Å². The lowest BCUT2D eigenvalue weighted by Crippen LogP contribution is -2.43. The molecule has 0 bridgehead atoms. The van der Waals surface area contributed by atoms with Crippen molar-refractivity contribution in [2.75, 3.05) is 5.33 Å². The van der Waals surface area contributed by atoms with E-state index in [9.17, 15) is 19.7 Å². The topological polar surface area (TPSA) is 87.1 Å². The Morgan fingerprint density at radius 3 is 2.44 bits per heavy atom. The van der Waals surface area contributed by atoms with Crippen molar-refractivity contribution in [1.82, 2.24) is 9.13 Å². The van der Waals surface area contributed by atoms with Crippen LogP contribution in [-0.2, 0) is 13.6 Å². The van der Waals surface area contributed by atoms with E-state index in [4.69, 9.17) is 0 Å². The zero-order valence-corrected chi connectivity index (χ0v) is 11.9. The average molecular weight is 320 g/mol. The summed E-state index contributed by atoms with van der Waals surface area (Å²) in [6.07, 6.45) is 0.947. The fourth-order valence-corrected chi connectivity index (χ4v) is 1.62. The molecule has 18 heavy (non-hydrogen) atoms. The molecule has 0 saturated heterocycles. The zero-order valence-electron chi connectivity index (χ0n) is 10.3. The Hall–Kier alpha value is -1.44. The van der Waals surface area contributed by atoms with Crippen molar-refractivity contribution in [3.05, 3.63) is 37.1 Å². The lowest BCUT2D eigenvalue weighted by Gasteiger charge is -2.22. The summed E-state index contributed by atoms with van der Waals surface area (Å²) in [6, 6.07) is 0. The van der Waals surface area contributed by atoms with E-state index >= 15 is 0 Å². The third-order valence-corrected chi connectivity index (χ3v) is 3.98. The number of hydrogen-bond acceptors (Lipinski definition) is 4. The van der Waals surface area contributed by atoms with Crippen molar-refractivity contribution in [2.45, 2.75) is 20.4 Å². The second kappa shape index (κ2) is 5.05. The number of nitrogens with zero attached hydrogens (tertiary/aromatic N) is 3. The lowest BCUT2D eigenvalue weighted by atomic mass is 9.97. The highest BCUT2D eigenvalue weighted by atomic mass is 79.9. The minimum atomic E-state index is -0.864. The van der Waals surface area contributed by atoms with E-state index < -0.39 is 21.9 Å². The van der Waals surface area contributed by atoms with Crippen LogP contribution in [0.5, 0.6) is 0 Å². The van der Waals surface area contributed by atoms with Crippen LogP contribution >= 0.6 is 15.9 Å². The molecule has 7 nitrogen and oxygen atoms in total. The van der Waals surface area contributed by atoms with Gasteiger partial charge in [-0.3, -0.25) is 24.0 Å². The number of hydrogen-bond donors (Lipinski definition) is 0. The fourth-order valence-electron chi connectivity index (χ4n) is 1.44. The highest BCUT2D eigenvalue weighted by Crippen LogP contribution is 2.19. The van der Waals surface area contributed by atoms with Crippen LogP contribution in [-0.4, -0.2) is 19.4 Å². The SMILES string of the molecule is Cn1cc([N+](=O)[O-])c(=O)n(CC(C)(C)CBr)c1=O. The summed E-state index contributed by atoms with van der Waals surface area (Å²) in [5.74, 6) is 0. The summed E-state index contributed by atoms with van der Waals surface area (Å²) in [7, 11) is 1.38. The molecule has 1 aromatic heterocycles. The summed E-state index contributed by atoms with van der Waals surface area (Å²) in [5.41, 5.74) is -2.37. The molecule has 0 spiro atoms. The van der Waals surface area contributed by atoms with E-state index in [1.807, 2.05) is 13.8 Å². The lowest BCUT2D eigenvalue weighted by molar-refractivity contribution is -0.387. The summed E-state index contributed by atoms with van der Waals surface area (Å²) < 4.78 is 1.95. The molecule has 100 valence electrons. The molecule has 0 saturated carbocycles. The molecule has 8 heteroatoms. The largest absolute Gasteiger partial charge is 0.350 e. The molecule has 1 aromatic rings. The Morgan fingerprint density at radius 1 is 1.44 bits per heavy atom. The monoisotopic (exact) mass is 319 g/mol. The van der Waals surface area contributed by atoms with Gasteiger partial charge in [0.2, 0.25) is 0 Å². The van der Waals surface area contributed by atoms with Crippen LogP contribution in [0, 0.1) is 15.5 Å². The second-order valence-corrected chi connectivity index (χ2v) is 5.41. The maximum atomic E-state index is 11.9. The third-order valence-electron chi connectivity index (χ3n) is 2.46. The molecule has 0 fully saturated rings. The van der Waals surface area contributed by atoms with E-state index in [2.05, 4.69) is 15.9 Å². The predicted molar refractivity (Wildman–Crippen MR) is 70.2 cm³/mol. The van der Waals surface area contributed by atoms with Gasteiger partial charge in [-0.1, -0.05) is 29.8 Å². The van der Waals surface area contributed by atoms with E-state index in [0.29, 0.717) is 5.33 Å². The third kappa shape index (κ3) is 2.87. The Labute approximate surface area is 111 Å². The number of nitro groups is 1. The molecular weight excluding hydrogens is 306 g/mol. The first-order valence-corrected chi connectivity index (χ1v) is 6.32. The summed E-state index contributed by atoms with van der Waals surface area (Å²) in [4.78, 5) is 33.7. The smallest absolute Gasteiger partial charge is 0.297 e. The van der Waals surface area contributed by atoms with Crippen molar-refractivity contribution < 1.29 is 4.92 Å². The summed E-state index contributed by atoms with van der Waals surface area (Å²) >= 11 is 3.29. The van der Waals surface area contributed by atoms with Gasteiger partial charge in [-0.25, -0.2) is 4.79 Å². The number of halogens is 1. The Kier molecular flexibility index (Phi) is 4.10. The molecule has 1 heterocycles. The number of aryl methyl sites for hydroxylation is 1. The molecule has 0 aromatic carbocycles. The van der Waals surface area contributed by atoms with Gasteiger partial charge in [0.25, 0.3) is 0 Å². The van der Waals surface area contributed by atoms with Gasteiger partial charge in [0.05, 0.1) is 11.1 Å². The van der Waals surface area contributed by atoms with Gasteiger partial charge in [0.15, 0.2) is 0 Å². The van der Waals surface area contributed by atoms with Crippen molar-refractivity contribution in [2.24, 2.45) is 12.5 Å². The Morgan fingerprint density at radius 2 is 2.00 bits per heavy atom. The maximum absolute atomic E-state index is 11.9. The normalized spacial score (nSPS) is 11.6. The summed E-state index contributed by atoms with van der Waals surface area (Å²) in [6.45, 7) is 3.82. The molecule has 0 aliphatic heterocycles. The van der Waals surface area contributed by atoms with E-state index in [-0.39, 0.29) is 12.0 Å². The molecule has 0 unspecified atom stereocenters. The standard InChI is InChI=1S/C10H14BrN3O4/c1-10(2,5-11)6-13-8(15)7(14(17)18)4-12(3)9(13)16/h4H,5-6H2,1-3H3. The van der Waals surface area contributed by atoms with Gasteiger partial charge >= 0.3 is 16.9 Å². The van der Waals surface area contributed by atoms with Crippen molar-refractivity contribution >= 4 is 21.6 Å². The Balaban J connectivity index is 3.49. The first-order valence-electron chi connectivity index (χ1n) is 5.20. The van der Waals surface area contributed by atoms with Crippen LogP contribution in [0.2, 0.25) is 0 Å². The number of aromatic nitrogens is 2. The predicted octanol–water partition coefficient (Wildman–Crippen LogP) is 0.876. The Bertz CT molecular complexity index is 588. The molecule has 0 aliphatic carbocycles. The van der Waals surface area contributed by atoms with E-state index in [1.54, 1.807) is 0 Å². The van der Waals surface area contributed by atoms with Crippen LogP contribution < -0.4 is 11.2 Å². The molecule has 1 rings (SSSR count). The van der Waals surface area contributed by atoms with Crippen molar-refractivity contribution in [3.8, 4) is 0 Å².